The Labute approximate surface area is 144 Å². The molecule has 2 aromatic carbocycles. The van der Waals surface area contributed by atoms with Gasteiger partial charge < -0.3 is 39.6 Å². The highest BCUT2D eigenvalue weighted by atomic mass is 16.4. The minimum atomic E-state index is -1.86. The molecule has 0 aromatic heterocycles. The van der Waals surface area contributed by atoms with Gasteiger partial charge in [-0.15, -0.1) is 0 Å². The molecule has 2 aromatic rings. The molecular weight excluding hydrogens is 348 g/mol. The van der Waals surface area contributed by atoms with Crippen LogP contribution in [0.5, 0.6) is 0 Å². The lowest BCUT2D eigenvalue weighted by atomic mass is 9.95. The van der Waals surface area contributed by atoms with Crippen molar-refractivity contribution in [2.75, 3.05) is 0 Å². The maximum absolute atomic E-state index is 12.4. The summed E-state index contributed by atoms with van der Waals surface area (Å²) in [4.78, 5) is 56.2. The Morgan fingerprint density at radius 1 is 0.500 bits per heavy atom. The Morgan fingerprint density at radius 2 is 0.808 bits per heavy atom. The van der Waals surface area contributed by atoms with Crippen LogP contribution in [0.2, 0.25) is 0 Å². The zero-order valence-electron chi connectivity index (χ0n) is 12.6. The van der Waals surface area contributed by atoms with Gasteiger partial charge in [-0.1, -0.05) is 24.3 Å². The SMILES string of the molecule is O=C(c1ccc(C(=O)[O-])c(C(=O)[O-])c1)c1ccc(C(=O)[O-])c(C(=O)[O-])c1. The molecule has 0 aliphatic rings. The highest BCUT2D eigenvalue weighted by molar-refractivity contribution is 6.12. The van der Waals surface area contributed by atoms with Gasteiger partial charge in [0.15, 0.2) is 5.78 Å². The first-order chi connectivity index (χ1) is 12.1. The van der Waals surface area contributed by atoms with Crippen LogP contribution >= 0.6 is 0 Å². The number of rotatable bonds is 6. The van der Waals surface area contributed by atoms with E-state index < -0.39 is 51.9 Å². The van der Waals surface area contributed by atoms with E-state index in [4.69, 9.17) is 0 Å². The minimum absolute atomic E-state index is 0.292. The summed E-state index contributed by atoms with van der Waals surface area (Å²) in [6, 6.07) is 5.09. The molecule has 0 bridgehead atoms. The molecule has 9 nitrogen and oxygen atoms in total. The van der Waals surface area contributed by atoms with E-state index in [2.05, 4.69) is 0 Å². The molecule has 0 fully saturated rings. The highest BCUT2D eigenvalue weighted by Gasteiger charge is 2.15. The Morgan fingerprint density at radius 3 is 1.08 bits per heavy atom. The van der Waals surface area contributed by atoms with E-state index in [0.717, 1.165) is 36.4 Å². The molecule has 0 radical (unpaired) electrons. The fourth-order valence-electron chi connectivity index (χ4n) is 2.23. The molecule has 9 heteroatoms. The van der Waals surface area contributed by atoms with Crippen LogP contribution in [0, 0.1) is 0 Å². The zero-order chi connectivity index (χ0) is 19.6. The summed E-state index contributed by atoms with van der Waals surface area (Å²) < 4.78 is 0. The molecule has 0 aliphatic heterocycles. The van der Waals surface area contributed by atoms with Crippen molar-refractivity contribution >= 4 is 29.7 Å². The molecule has 0 aliphatic carbocycles. The number of hydrogen-bond donors (Lipinski definition) is 0. The van der Waals surface area contributed by atoms with Crippen molar-refractivity contribution in [2.24, 2.45) is 0 Å². The van der Waals surface area contributed by atoms with Crippen molar-refractivity contribution in [1.82, 2.24) is 0 Å². The lowest BCUT2D eigenvalue weighted by Crippen LogP contribution is -2.31. The second-order valence-electron chi connectivity index (χ2n) is 5.00. The monoisotopic (exact) mass is 354 g/mol. The first kappa shape index (κ1) is 18.3. The van der Waals surface area contributed by atoms with Crippen LogP contribution < -0.4 is 20.4 Å². The topological polar surface area (TPSA) is 178 Å². The Balaban J connectivity index is 2.56. The van der Waals surface area contributed by atoms with Gasteiger partial charge in [-0.2, -0.15) is 0 Å². The summed E-state index contributed by atoms with van der Waals surface area (Å²) in [5.74, 6) is -8.19. The molecule has 0 amide bonds. The molecule has 0 atom stereocenters. The van der Waals surface area contributed by atoms with Gasteiger partial charge in [0.05, 0.1) is 23.9 Å². The third kappa shape index (κ3) is 3.41. The molecule has 0 N–H and O–H groups in total. The number of aromatic carboxylic acids is 4. The van der Waals surface area contributed by atoms with E-state index in [9.17, 15) is 44.4 Å². The second-order valence-corrected chi connectivity index (χ2v) is 5.00. The van der Waals surface area contributed by atoms with Crippen molar-refractivity contribution in [2.45, 2.75) is 0 Å². The molecular formula is C17H6O9-4. The first-order valence-electron chi connectivity index (χ1n) is 6.81. The van der Waals surface area contributed by atoms with E-state index >= 15 is 0 Å². The molecule has 26 heavy (non-hydrogen) atoms. The third-order valence-electron chi connectivity index (χ3n) is 3.44. The number of carboxylic acids is 4. The van der Waals surface area contributed by atoms with E-state index in [1.165, 1.54) is 0 Å². The lowest BCUT2D eigenvalue weighted by molar-refractivity contribution is -0.259. The standard InChI is InChI=1S/C17H10O9/c18-13(7-1-3-9(14(19)20)11(5-7)16(23)24)8-2-4-10(15(21)22)12(6-8)17(25)26/h1-6H,(H,19,20)(H,21,22)(H,23,24)(H,25,26)/p-4. The van der Waals surface area contributed by atoms with Gasteiger partial charge >= 0.3 is 0 Å². The zero-order valence-corrected chi connectivity index (χ0v) is 12.6. The fourth-order valence-corrected chi connectivity index (χ4v) is 2.23. The molecule has 0 spiro atoms. The van der Waals surface area contributed by atoms with Crippen molar-refractivity contribution in [3.8, 4) is 0 Å². The average Bonchev–Trinajstić information content (AvgIpc) is 2.59. The van der Waals surface area contributed by atoms with Crippen LogP contribution in [0.1, 0.15) is 57.4 Å². The molecule has 0 saturated carbocycles. The Kier molecular flexibility index (Phi) is 4.83. The minimum Gasteiger partial charge on any atom is -0.545 e. The van der Waals surface area contributed by atoms with Gasteiger partial charge in [0.25, 0.3) is 0 Å². The van der Waals surface area contributed by atoms with E-state index in [0.29, 0.717) is 0 Å². The van der Waals surface area contributed by atoms with Gasteiger partial charge in [0.2, 0.25) is 0 Å². The van der Waals surface area contributed by atoms with E-state index in [1.807, 2.05) is 0 Å². The van der Waals surface area contributed by atoms with Crippen molar-refractivity contribution in [3.05, 3.63) is 69.8 Å². The predicted octanol–water partition coefficient (Wildman–Crippen LogP) is -3.63. The molecule has 132 valence electrons. The maximum Gasteiger partial charge on any atom is 0.193 e. The van der Waals surface area contributed by atoms with Crippen LogP contribution in [0.3, 0.4) is 0 Å². The van der Waals surface area contributed by atoms with Crippen LogP contribution in [0.4, 0.5) is 0 Å². The van der Waals surface area contributed by atoms with Crippen molar-refractivity contribution in [1.29, 1.82) is 0 Å². The van der Waals surface area contributed by atoms with Gasteiger partial charge in [-0.25, -0.2) is 0 Å². The summed E-state index contributed by atoms with van der Waals surface area (Å²) in [5, 5.41) is 43.8. The van der Waals surface area contributed by atoms with Gasteiger partial charge in [-0.05, 0) is 12.1 Å². The van der Waals surface area contributed by atoms with Crippen LogP contribution in [0.25, 0.3) is 0 Å². The summed E-state index contributed by atoms with van der Waals surface area (Å²) in [7, 11) is 0. The Hall–Kier alpha value is -4.01. The quantitative estimate of drug-likeness (QED) is 0.473. The lowest BCUT2D eigenvalue weighted by Gasteiger charge is -2.15. The Bertz CT molecular complexity index is 895. The number of carboxylic acid groups (broad SMARTS) is 4. The third-order valence-corrected chi connectivity index (χ3v) is 3.44. The van der Waals surface area contributed by atoms with Crippen molar-refractivity contribution < 1.29 is 44.4 Å². The first-order valence-corrected chi connectivity index (χ1v) is 6.81. The van der Waals surface area contributed by atoms with Crippen LogP contribution in [0.15, 0.2) is 36.4 Å². The van der Waals surface area contributed by atoms with Gasteiger partial charge in [0, 0.05) is 33.4 Å². The van der Waals surface area contributed by atoms with Crippen molar-refractivity contribution in [3.63, 3.8) is 0 Å². The number of carbonyl (C=O) groups is 5. The molecule has 0 heterocycles. The summed E-state index contributed by atoms with van der Waals surface area (Å²) in [6.45, 7) is 0. The molecule has 2 rings (SSSR count). The highest BCUT2D eigenvalue weighted by Crippen LogP contribution is 2.18. The predicted molar refractivity (Wildman–Crippen MR) is 73.6 cm³/mol. The maximum atomic E-state index is 12.4. The summed E-state index contributed by atoms with van der Waals surface area (Å²) in [5.41, 5.74) is -3.60. The molecule has 0 unspecified atom stereocenters. The smallest absolute Gasteiger partial charge is 0.193 e. The number of carbonyl (C=O) groups excluding carboxylic acids is 5. The van der Waals surface area contributed by atoms with Gasteiger partial charge in [-0.3, -0.25) is 4.79 Å². The largest absolute Gasteiger partial charge is 0.545 e. The summed E-state index contributed by atoms with van der Waals surface area (Å²) in [6.07, 6.45) is 0. The van der Waals surface area contributed by atoms with E-state index in [-0.39, 0.29) is 11.1 Å². The fraction of sp³-hybridized carbons (Fsp3) is 0. The average molecular weight is 354 g/mol. The van der Waals surface area contributed by atoms with Gasteiger partial charge in [0.1, 0.15) is 0 Å². The number of ketones is 1. The second kappa shape index (κ2) is 6.85. The number of hydrogen-bond acceptors (Lipinski definition) is 9. The van der Waals surface area contributed by atoms with E-state index in [1.54, 1.807) is 0 Å². The summed E-state index contributed by atoms with van der Waals surface area (Å²) >= 11 is 0. The van der Waals surface area contributed by atoms with Crippen LogP contribution in [-0.2, 0) is 0 Å². The molecule has 0 saturated heterocycles. The van der Waals surface area contributed by atoms with Crippen LogP contribution in [-0.4, -0.2) is 29.7 Å². The number of benzene rings is 2. The normalized spacial score (nSPS) is 10.2.